The van der Waals surface area contributed by atoms with Gasteiger partial charge >= 0.3 is 12.0 Å². The van der Waals surface area contributed by atoms with Gasteiger partial charge < -0.3 is 20.4 Å². The molecule has 0 aliphatic carbocycles. The molecule has 6 heteroatoms. The van der Waals surface area contributed by atoms with Crippen molar-refractivity contribution < 1.29 is 19.8 Å². The van der Waals surface area contributed by atoms with Crippen molar-refractivity contribution in [2.24, 2.45) is 0 Å². The zero-order valence-electron chi connectivity index (χ0n) is 11.5. The number of carboxylic acids is 1. The Morgan fingerprint density at radius 1 is 1.42 bits per heavy atom. The molecule has 0 aromatic rings. The molecule has 1 saturated heterocycles. The van der Waals surface area contributed by atoms with E-state index < -0.39 is 5.97 Å². The summed E-state index contributed by atoms with van der Waals surface area (Å²) >= 11 is 0. The van der Waals surface area contributed by atoms with Crippen molar-refractivity contribution >= 4 is 12.0 Å². The van der Waals surface area contributed by atoms with Crippen molar-refractivity contribution in [3.05, 3.63) is 0 Å². The highest BCUT2D eigenvalue weighted by Crippen LogP contribution is 2.17. The number of piperidine rings is 1. The first-order chi connectivity index (χ1) is 9.08. The van der Waals surface area contributed by atoms with Gasteiger partial charge in [-0.15, -0.1) is 0 Å². The van der Waals surface area contributed by atoms with Crippen LogP contribution in [0.4, 0.5) is 4.79 Å². The molecule has 1 fully saturated rings. The number of nitrogens with one attached hydrogen (secondary N) is 1. The average molecular weight is 272 g/mol. The number of carbonyl (C=O) groups is 2. The van der Waals surface area contributed by atoms with Gasteiger partial charge in [0.25, 0.3) is 0 Å². The van der Waals surface area contributed by atoms with E-state index in [-0.39, 0.29) is 31.1 Å². The molecule has 2 unspecified atom stereocenters. The summed E-state index contributed by atoms with van der Waals surface area (Å²) < 4.78 is 0. The third kappa shape index (κ3) is 5.06. The van der Waals surface area contributed by atoms with Crippen LogP contribution >= 0.6 is 0 Å². The number of urea groups is 1. The van der Waals surface area contributed by atoms with E-state index in [2.05, 4.69) is 5.32 Å². The molecule has 19 heavy (non-hydrogen) atoms. The summed E-state index contributed by atoms with van der Waals surface area (Å²) in [7, 11) is 0. The second-order valence-electron chi connectivity index (χ2n) is 5.06. The fraction of sp³-hybridized carbons (Fsp3) is 0.846. The highest BCUT2D eigenvalue weighted by Gasteiger charge is 2.27. The minimum absolute atomic E-state index is 0.0369. The van der Waals surface area contributed by atoms with Crippen molar-refractivity contribution in [1.29, 1.82) is 0 Å². The molecule has 110 valence electrons. The van der Waals surface area contributed by atoms with Crippen molar-refractivity contribution in [3.63, 3.8) is 0 Å². The SMILES string of the molecule is CCCC(CC(=O)O)NC(=O)N1CCCCC1CO. The van der Waals surface area contributed by atoms with E-state index >= 15 is 0 Å². The van der Waals surface area contributed by atoms with E-state index in [1.807, 2.05) is 6.92 Å². The Kier molecular flexibility index (Phi) is 6.62. The standard InChI is InChI=1S/C13H24N2O4/c1-2-5-10(8-12(17)18)14-13(19)15-7-4-3-6-11(15)9-16/h10-11,16H,2-9H2,1H3,(H,14,19)(H,17,18). The number of likely N-dealkylation sites (tertiary alicyclic amines) is 1. The molecule has 1 aliphatic rings. The predicted molar refractivity (Wildman–Crippen MR) is 70.9 cm³/mol. The van der Waals surface area contributed by atoms with Crippen LogP contribution in [0.25, 0.3) is 0 Å². The Hall–Kier alpha value is -1.30. The third-order valence-corrected chi connectivity index (χ3v) is 3.48. The van der Waals surface area contributed by atoms with Gasteiger partial charge in [-0.25, -0.2) is 4.79 Å². The minimum Gasteiger partial charge on any atom is -0.481 e. The topological polar surface area (TPSA) is 89.9 Å². The monoisotopic (exact) mass is 272 g/mol. The second-order valence-corrected chi connectivity index (χ2v) is 5.06. The van der Waals surface area contributed by atoms with Gasteiger partial charge in [0.2, 0.25) is 0 Å². The molecular formula is C13H24N2O4. The van der Waals surface area contributed by atoms with Crippen molar-refractivity contribution in [2.75, 3.05) is 13.2 Å². The largest absolute Gasteiger partial charge is 0.481 e. The Morgan fingerprint density at radius 2 is 2.16 bits per heavy atom. The number of nitrogens with zero attached hydrogens (tertiary/aromatic N) is 1. The molecule has 2 amide bonds. The number of aliphatic hydroxyl groups is 1. The molecule has 0 aromatic carbocycles. The second kappa shape index (κ2) is 7.99. The van der Waals surface area contributed by atoms with Crippen molar-refractivity contribution in [2.45, 2.75) is 57.5 Å². The number of hydrogen-bond acceptors (Lipinski definition) is 3. The number of hydrogen-bond donors (Lipinski definition) is 3. The van der Waals surface area contributed by atoms with Gasteiger partial charge in [-0.1, -0.05) is 13.3 Å². The van der Waals surface area contributed by atoms with Crippen LogP contribution in [0.2, 0.25) is 0 Å². The molecule has 0 aromatic heterocycles. The molecule has 0 spiro atoms. The fourth-order valence-electron chi connectivity index (χ4n) is 2.50. The lowest BCUT2D eigenvalue weighted by atomic mass is 10.0. The number of carbonyl (C=O) groups excluding carboxylic acids is 1. The lowest BCUT2D eigenvalue weighted by Gasteiger charge is -2.35. The van der Waals surface area contributed by atoms with Gasteiger partial charge in [-0.2, -0.15) is 0 Å². The first kappa shape index (κ1) is 15.8. The third-order valence-electron chi connectivity index (χ3n) is 3.48. The zero-order valence-corrected chi connectivity index (χ0v) is 11.5. The maximum absolute atomic E-state index is 12.1. The zero-order chi connectivity index (χ0) is 14.3. The van der Waals surface area contributed by atoms with Crippen molar-refractivity contribution in [3.8, 4) is 0 Å². The van der Waals surface area contributed by atoms with Gasteiger partial charge in [-0.05, 0) is 25.7 Å². The first-order valence-corrected chi connectivity index (χ1v) is 6.98. The first-order valence-electron chi connectivity index (χ1n) is 6.98. The number of rotatable bonds is 6. The molecule has 0 saturated carbocycles. The van der Waals surface area contributed by atoms with E-state index in [0.717, 1.165) is 25.7 Å². The van der Waals surface area contributed by atoms with Gasteiger partial charge in [0.15, 0.2) is 0 Å². The van der Waals surface area contributed by atoms with E-state index in [4.69, 9.17) is 5.11 Å². The van der Waals surface area contributed by atoms with Crippen LogP contribution in [0.1, 0.15) is 45.4 Å². The van der Waals surface area contributed by atoms with Gasteiger partial charge in [0.05, 0.1) is 19.1 Å². The number of aliphatic carboxylic acids is 1. The Bertz CT molecular complexity index is 309. The molecule has 6 nitrogen and oxygen atoms in total. The van der Waals surface area contributed by atoms with Gasteiger partial charge in [0.1, 0.15) is 0 Å². The van der Waals surface area contributed by atoms with Gasteiger partial charge in [-0.3, -0.25) is 4.79 Å². The summed E-state index contributed by atoms with van der Waals surface area (Å²) in [5.74, 6) is -0.906. The minimum atomic E-state index is -0.906. The van der Waals surface area contributed by atoms with Crippen LogP contribution < -0.4 is 5.32 Å². The predicted octanol–water partition coefficient (Wildman–Crippen LogP) is 1.19. The quantitative estimate of drug-likeness (QED) is 0.677. The lowest BCUT2D eigenvalue weighted by molar-refractivity contribution is -0.137. The summed E-state index contributed by atoms with van der Waals surface area (Å²) in [6.07, 6.45) is 4.17. The maximum atomic E-state index is 12.1. The Morgan fingerprint density at radius 3 is 2.74 bits per heavy atom. The highest BCUT2D eigenvalue weighted by atomic mass is 16.4. The summed E-state index contributed by atoms with van der Waals surface area (Å²) in [4.78, 5) is 24.5. The van der Waals surface area contributed by atoms with E-state index in [9.17, 15) is 14.7 Å². The van der Waals surface area contributed by atoms with Crippen LogP contribution in [0.5, 0.6) is 0 Å². The van der Waals surface area contributed by atoms with Crippen molar-refractivity contribution in [1.82, 2.24) is 10.2 Å². The summed E-state index contributed by atoms with van der Waals surface area (Å²) in [6.45, 7) is 2.55. The lowest BCUT2D eigenvalue weighted by Crippen LogP contribution is -2.52. The van der Waals surface area contributed by atoms with Gasteiger partial charge in [0, 0.05) is 12.6 Å². The van der Waals surface area contributed by atoms with Crippen LogP contribution in [-0.4, -0.2) is 52.3 Å². The molecule has 1 aliphatic heterocycles. The molecule has 1 rings (SSSR count). The average Bonchev–Trinajstić information content (AvgIpc) is 2.38. The van der Waals surface area contributed by atoms with E-state index in [0.29, 0.717) is 13.0 Å². The Balaban J connectivity index is 2.56. The van der Waals surface area contributed by atoms with Crippen LogP contribution in [0.3, 0.4) is 0 Å². The number of carboxylic acid groups (broad SMARTS) is 1. The smallest absolute Gasteiger partial charge is 0.317 e. The molecule has 1 heterocycles. The van der Waals surface area contributed by atoms with Crippen LogP contribution in [-0.2, 0) is 4.79 Å². The summed E-state index contributed by atoms with van der Waals surface area (Å²) in [6, 6.07) is -0.726. The summed E-state index contributed by atoms with van der Waals surface area (Å²) in [5, 5.41) is 20.9. The van der Waals surface area contributed by atoms with Crippen LogP contribution in [0, 0.1) is 0 Å². The molecule has 0 radical (unpaired) electrons. The highest BCUT2D eigenvalue weighted by molar-refractivity contribution is 5.76. The molecule has 0 bridgehead atoms. The normalized spacial score (nSPS) is 20.9. The van der Waals surface area contributed by atoms with E-state index in [1.54, 1.807) is 4.90 Å². The molecular weight excluding hydrogens is 248 g/mol. The molecule has 3 N–H and O–H groups in total. The maximum Gasteiger partial charge on any atom is 0.317 e. The fourth-order valence-corrected chi connectivity index (χ4v) is 2.50. The Labute approximate surface area is 113 Å². The molecule has 2 atom stereocenters. The van der Waals surface area contributed by atoms with E-state index in [1.165, 1.54) is 0 Å². The number of aliphatic hydroxyl groups excluding tert-OH is 1. The number of amides is 2. The van der Waals surface area contributed by atoms with Crippen LogP contribution in [0.15, 0.2) is 0 Å². The summed E-state index contributed by atoms with van der Waals surface area (Å²) in [5.41, 5.74) is 0.